The standard InChI is InChI=1S/C14H24N4O3/c1-13(2,3)12-15-10(16-17-12)11(21)18(14(4,5)6)8-7-9(19)20/h7-8H2,1-6H3,(H,19,20)(H,15,16,17). The van der Waals surface area contributed by atoms with Crippen molar-refractivity contribution in [2.24, 2.45) is 0 Å². The molecular weight excluding hydrogens is 272 g/mol. The second-order valence-corrected chi connectivity index (χ2v) is 7.03. The fourth-order valence-electron chi connectivity index (χ4n) is 1.76. The number of amides is 1. The second kappa shape index (κ2) is 5.83. The van der Waals surface area contributed by atoms with Gasteiger partial charge in [-0.15, -0.1) is 5.10 Å². The number of carboxylic acids is 1. The summed E-state index contributed by atoms with van der Waals surface area (Å²) in [5, 5.41) is 15.6. The molecular formula is C14H24N4O3. The van der Waals surface area contributed by atoms with E-state index in [0.717, 1.165) is 0 Å². The first-order valence-corrected chi connectivity index (χ1v) is 6.89. The molecule has 7 nitrogen and oxygen atoms in total. The fourth-order valence-corrected chi connectivity index (χ4v) is 1.76. The minimum atomic E-state index is -0.942. The van der Waals surface area contributed by atoms with Gasteiger partial charge < -0.3 is 10.0 Å². The van der Waals surface area contributed by atoms with Gasteiger partial charge in [0, 0.05) is 17.5 Å². The van der Waals surface area contributed by atoms with Gasteiger partial charge >= 0.3 is 5.97 Å². The Kier molecular flexibility index (Phi) is 4.76. The second-order valence-electron chi connectivity index (χ2n) is 7.03. The topological polar surface area (TPSA) is 99.2 Å². The Labute approximate surface area is 124 Å². The van der Waals surface area contributed by atoms with Crippen molar-refractivity contribution in [1.82, 2.24) is 20.1 Å². The van der Waals surface area contributed by atoms with Gasteiger partial charge in [-0.25, -0.2) is 4.98 Å². The average molecular weight is 296 g/mol. The maximum Gasteiger partial charge on any atom is 0.305 e. The quantitative estimate of drug-likeness (QED) is 0.883. The molecule has 0 saturated heterocycles. The zero-order valence-corrected chi connectivity index (χ0v) is 13.5. The number of rotatable bonds is 4. The van der Waals surface area contributed by atoms with Crippen LogP contribution in [0.4, 0.5) is 0 Å². The lowest BCUT2D eigenvalue weighted by Gasteiger charge is -2.34. The highest BCUT2D eigenvalue weighted by atomic mass is 16.4. The maximum atomic E-state index is 12.5. The van der Waals surface area contributed by atoms with Crippen LogP contribution in [0.1, 0.15) is 64.4 Å². The van der Waals surface area contributed by atoms with Crippen LogP contribution in [0.3, 0.4) is 0 Å². The first kappa shape index (κ1) is 17.1. The third-order valence-electron chi connectivity index (χ3n) is 2.99. The van der Waals surface area contributed by atoms with E-state index in [4.69, 9.17) is 5.11 Å². The average Bonchev–Trinajstić information content (AvgIpc) is 2.75. The van der Waals surface area contributed by atoms with E-state index >= 15 is 0 Å². The molecule has 2 N–H and O–H groups in total. The number of nitrogens with zero attached hydrogens (tertiary/aromatic N) is 3. The summed E-state index contributed by atoms with van der Waals surface area (Å²) in [5.41, 5.74) is -0.742. The Morgan fingerprint density at radius 1 is 1.19 bits per heavy atom. The molecule has 118 valence electrons. The molecule has 0 aliphatic heterocycles. The van der Waals surface area contributed by atoms with Gasteiger partial charge in [-0.2, -0.15) is 0 Å². The molecule has 0 spiro atoms. The number of hydrogen-bond donors (Lipinski definition) is 2. The van der Waals surface area contributed by atoms with Crippen LogP contribution in [0.25, 0.3) is 0 Å². The van der Waals surface area contributed by atoms with Gasteiger partial charge in [0.15, 0.2) is 0 Å². The van der Waals surface area contributed by atoms with Crippen LogP contribution >= 0.6 is 0 Å². The van der Waals surface area contributed by atoms with Crippen LogP contribution in [0.5, 0.6) is 0 Å². The molecule has 0 radical (unpaired) electrons. The Bertz CT molecular complexity index is 523. The molecule has 0 bridgehead atoms. The Balaban J connectivity index is 3.00. The van der Waals surface area contributed by atoms with Crippen molar-refractivity contribution in [2.45, 2.75) is 58.9 Å². The van der Waals surface area contributed by atoms with Crippen LogP contribution < -0.4 is 0 Å². The minimum absolute atomic E-state index is 0.0697. The van der Waals surface area contributed by atoms with Crippen molar-refractivity contribution in [3.05, 3.63) is 11.6 Å². The molecule has 0 atom stereocenters. The monoisotopic (exact) mass is 296 g/mol. The largest absolute Gasteiger partial charge is 0.481 e. The van der Waals surface area contributed by atoms with Gasteiger partial charge in [0.1, 0.15) is 5.82 Å². The van der Waals surface area contributed by atoms with E-state index < -0.39 is 11.5 Å². The van der Waals surface area contributed by atoms with Crippen LogP contribution in [-0.4, -0.2) is 49.1 Å². The zero-order valence-electron chi connectivity index (χ0n) is 13.5. The van der Waals surface area contributed by atoms with Crippen molar-refractivity contribution in [3.63, 3.8) is 0 Å². The van der Waals surface area contributed by atoms with Crippen LogP contribution in [0.15, 0.2) is 0 Å². The zero-order chi connectivity index (χ0) is 16.4. The highest BCUT2D eigenvalue weighted by molar-refractivity contribution is 5.91. The lowest BCUT2D eigenvalue weighted by Crippen LogP contribution is -2.47. The summed E-state index contributed by atoms with van der Waals surface area (Å²) in [6, 6.07) is 0. The summed E-state index contributed by atoms with van der Waals surface area (Å²) in [5.74, 6) is -0.615. The Morgan fingerprint density at radius 3 is 2.14 bits per heavy atom. The molecule has 0 aromatic carbocycles. The number of nitrogens with one attached hydrogen (secondary N) is 1. The number of aromatic nitrogens is 3. The number of carbonyl (C=O) groups is 2. The first-order valence-electron chi connectivity index (χ1n) is 6.89. The molecule has 1 rings (SSSR count). The van der Waals surface area contributed by atoms with Crippen LogP contribution in [0.2, 0.25) is 0 Å². The molecule has 0 aliphatic carbocycles. The molecule has 1 heterocycles. The molecule has 21 heavy (non-hydrogen) atoms. The van der Waals surface area contributed by atoms with Crippen LogP contribution in [-0.2, 0) is 10.2 Å². The molecule has 1 aromatic rings. The highest BCUT2D eigenvalue weighted by Crippen LogP contribution is 2.20. The normalized spacial score (nSPS) is 12.3. The van der Waals surface area contributed by atoms with Gasteiger partial charge in [-0.05, 0) is 20.8 Å². The predicted octanol–water partition coefficient (Wildman–Crippen LogP) is 1.82. The molecule has 0 fully saturated rings. The van der Waals surface area contributed by atoms with E-state index in [1.807, 2.05) is 41.5 Å². The first-order chi connectivity index (χ1) is 9.43. The maximum absolute atomic E-state index is 12.5. The molecule has 1 amide bonds. The van der Waals surface area contributed by atoms with Gasteiger partial charge in [-0.3, -0.25) is 14.7 Å². The number of aliphatic carboxylic acids is 1. The van der Waals surface area contributed by atoms with Crippen molar-refractivity contribution in [1.29, 1.82) is 0 Å². The Morgan fingerprint density at radius 2 is 1.76 bits per heavy atom. The van der Waals surface area contributed by atoms with Gasteiger partial charge in [0.25, 0.3) is 5.91 Å². The van der Waals surface area contributed by atoms with E-state index in [9.17, 15) is 9.59 Å². The molecule has 0 aliphatic rings. The van der Waals surface area contributed by atoms with E-state index in [-0.39, 0.29) is 30.1 Å². The SMILES string of the molecule is CC(C)(C)c1nc(C(=O)N(CCC(=O)O)C(C)(C)C)n[nH]1. The van der Waals surface area contributed by atoms with Crippen molar-refractivity contribution >= 4 is 11.9 Å². The summed E-state index contributed by atoms with van der Waals surface area (Å²) in [4.78, 5) is 29.0. The number of carboxylic acid groups (broad SMARTS) is 1. The van der Waals surface area contributed by atoms with E-state index in [2.05, 4.69) is 15.2 Å². The number of aromatic amines is 1. The van der Waals surface area contributed by atoms with E-state index in [1.165, 1.54) is 4.90 Å². The molecule has 0 unspecified atom stereocenters. The number of carbonyl (C=O) groups excluding carboxylic acids is 1. The third-order valence-corrected chi connectivity index (χ3v) is 2.99. The lowest BCUT2D eigenvalue weighted by atomic mass is 9.96. The third kappa shape index (κ3) is 4.54. The summed E-state index contributed by atoms with van der Waals surface area (Å²) in [6.45, 7) is 11.6. The predicted molar refractivity (Wildman–Crippen MR) is 78.1 cm³/mol. The summed E-state index contributed by atoms with van der Waals surface area (Å²) < 4.78 is 0. The van der Waals surface area contributed by atoms with Gasteiger partial charge in [0.05, 0.1) is 6.42 Å². The minimum Gasteiger partial charge on any atom is -0.481 e. The molecule has 7 heteroatoms. The highest BCUT2D eigenvalue weighted by Gasteiger charge is 2.31. The number of hydrogen-bond acceptors (Lipinski definition) is 4. The summed E-state index contributed by atoms with van der Waals surface area (Å²) in [6.07, 6.45) is -0.112. The van der Waals surface area contributed by atoms with Crippen molar-refractivity contribution < 1.29 is 14.7 Å². The molecule has 0 saturated carbocycles. The van der Waals surface area contributed by atoms with Gasteiger partial charge in [0.2, 0.25) is 5.82 Å². The lowest BCUT2D eigenvalue weighted by molar-refractivity contribution is -0.137. The van der Waals surface area contributed by atoms with Crippen LogP contribution in [0, 0.1) is 0 Å². The summed E-state index contributed by atoms with van der Waals surface area (Å²) >= 11 is 0. The van der Waals surface area contributed by atoms with Gasteiger partial charge in [-0.1, -0.05) is 20.8 Å². The Hall–Kier alpha value is -1.92. The smallest absolute Gasteiger partial charge is 0.305 e. The number of H-pyrrole nitrogens is 1. The van der Waals surface area contributed by atoms with E-state index in [1.54, 1.807) is 0 Å². The molecule has 1 aromatic heterocycles. The summed E-state index contributed by atoms with van der Waals surface area (Å²) in [7, 11) is 0. The van der Waals surface area contributed by atoms with E-state index in [0.29, 0.717) is 5.82 Å². The van der Waals surface area contributed by atoms with Crippen molar-refractivity contribution in [2.75, 3.05) is 6.54 Å². The fraction of sp³-hybridized carbons (Fsp3) is 0.714. The van der Waals surface area contributed by atoms with Crippen molar-refractivity contribution in [3.8, 4) is 0 Å².